The van der Waals surface area contributed by atoms with Crippen LogP contribution in [-0.2, 0) is 7.05 Å². The van der Waals surface area contributed by atoms with Gasteiger partial charge in [-0.15, -0.1) is 0 Å². The Balaban J connectivity index is 2.35. The third-order valence-corrected chi connectivity index (χ3v) is 3.78. The molecule has 78 valence electrons. The van der Waals surface area contributed by atoms with E-state index >= 15 is 0 Å². The highest BCUT2D eigenvalue weighted by Crippen LogP contribution is 2.64. The van der Waals surface area contributed by atoms with E-state index in [9.17, 15) is 0 Å². The van der Waals surface area contributed by atoms with E-state index in [1.54, 1.807) is 0 Å². The number of hydrogen-bond acceptors (Lipinski definition) is 2. The molecule has 0 bridgehead atoms. The fourth-order valence-corrected chi connectivity index (χ4v) is 2.73. The van der Waals surface area contributed by atoms with E-state index in [0.29, 0.717) is 17.3 Å². The summed E-state index contributed by atoms with van der Waals surface area (Å²) in [6.45, 7) is 7.50. The van der Waals surface area contributed by atoms with Gasteiger partial charge >= 0.3 is 0 Å². The molecule has 0 saturated heterocycles. The first kappa shape index (κ1) is 9.71. The third kappa shape index (κ3) is 1.12. The van der Waals surface area contributed by atoms with Crippen molar-refractivity contribution < 1.29 is 0 Å². The van der Waals surface area contributed by atoms with Gasteiger partial charge < -0.3 is 5.73 Å². The summed E-state index contributed by atoms with van der Waals surface area (Å²) in [4.78, 5) is 0. The van der Waals surface area contributed by atoms with Crippen LogP contribution >= 0.6 is 0 Å². The van der Waals surface area contributed by atoms with Gasteiger partial charge in [-0.1, -0.05) is 13.8 Å². The summed E-state index contributed by atoms with van der Waals surface area (Å²) >= 11 is 0. The Labute approximate surface area is 85.3 Å². The second-order valence-corrected chi connectivity index (χ2v) is 4.98. The Bertz CT molecular complexity index is 332. The molecule has 2 unspecified atom stereocenters. The molecule has 1 saturated carbocycles. The number of hydrogen-bond donors (Lipinski definition) is 1. The van der Waals surface area contributed by atoms with E-state index in [1.165, 1.54) is 11.3 Å². The second kappa shape index (κ2) is 2.83. The summed E-state index contributed by atoms with van der Waals surface area (Å²) in [6, 6.07) is 0. The first-order chi connectivity index (χ1) is 6.50. The molecular weight excluding hydrogens is 174 g/mol. The standard InChI is InChI=1S/C11H19N3/c1-7-6-13-14(4)10(7)9-8(5-12)11(9,2)3/h6,8-9H,5,12H2,1-4H3. The lowest BCUT2D eigenvalue weighted by molar-refractivity contribution is 0.552. The molecule has 1 aliphatic carbocycles. The zero-order valence-electron chi connectivity index (χ0n) is 9.41. The van der Waals surface area contributed by atoms with Crippen molar-refractivity contribution in [3.8, 4) is 0 Å². The Kier molecular flexibility index (Phi) is 1.96. The Morgan fingerprint density at radius 3 is 2.57 bits per heavy atom. The molecule has 14 heavy (non-hydrogen) atoms. The summed E-state index contributed by atoms with van der Waals surface area (Å²) in [5, 5.41) is 4.29. The van der Waals surface area contributed by atoms with Gasteiger partial charge in [0.05, 0.1) is 6.20 Å². The highest BCUT2D eigenvalue weighted by atomic mass is 15.3. The van der Waals surface area contributed by atoms with Crippen molar-refractivity contribution in [3.63, 3.8) is 0 Å². The van der Waals surface area contributed by atoms with E-state index in [0.717, 1.165) is 6.54 Å². The molecule has 1 fully saturated rings. The molecule has 2 rings (SSSR count). The lowest BCUT2D eigenvalue weighted by atomic mass is 10.1. The van der Waals surface area contributed by atoms with Crippen LogP contribution in [0.1, 0.15) is 31.0 Å². The van der Waals surface area contributed by atoms with Gasteiger partial charge in [-0.2, -0.15) is 5.10 Å². The molecule has 2 N–H and O–H groups in total. The monoisotopic (exact) mass is 193 g/mol. The quantitative estimate of drug-likeness (QED) is 0.772. The zero-order valence-corrected chi connectivity index (χ0v) is 9.41. The molecule has 0 radical (unpaired) electrons. The smallest absolute Gasteiger partial charge is 0.0521 e. The second-order valence-electron chi connectivity index (χ2n) is 4.98. The van der Waals surface area contributed by atoms with Crippen LogP contribution in [0.15, 0.2) is 6.20 Å². The molecule has 3 nitrogen and oxygen atoms in total. The number of aryl methyl sites for hydroxylation is 2. The van der Waals surface area contributed by atoms with Crippen LogP contribution in [-0.4, -0.2) is 16.3 Å². The number of nitrogens with zero attached hydrogens (tertiary/aromatic N) is 2. The minimum atomic E-state index is 0.354. The number of rotatable bonds is 2. The maximum Gasteiger partial charge on any atom is 0.0521 e. The van der Waals surface area contributed by atoms with Crippen molar-refractivity contribution >= 4 is 0 Å². The predicted molar refractivity (Wildman–Crippen MR) is 57.0 cm³/mol. The summed E-state index contributed by atoms with van der Waals surface area (Å²) in [7, 11) is 2.02. The first-order valence-corrected chi connectivity index (χ1v) is 5.18. The minimum Gasteiger partial charge on any atom is -0.330 e. The van der Waals surface area contributed by atoms with Gasteiger partial charge in [0, 0.05) is 18.7 Å². The van der Waals surface area contributed by atoms with E-state index < -0.39 is 0 Å². The largest absolute Gasteiger partial charge is 0.330 e. The molecular formula is C11H19N3. The number of aromatic nitrogens is 2. The first-order valence-electron chi connectivity index (χ1n) is 5.18. The van der Waals surface area contributed by atoms with Gasteiger partial charge in [-0.05, 0) is 30.4 Å². The van der Waals surface area contributed by atoms with Crippen molar-refractivity contribution in [3.05, 3.63) is 17.5 Å². The molecule has 1 aliphatic rings. The molecule has 2 atom stereocenters. The third-order valence-electron chi connectivity index (χ3n) is 3.78. The Morgan fingerprint density at radius 1 is 1.57 bits per heavy atom. The molecule has 1 aromatic rings. The molecule has 1 heterocycles. The average Bonchev–Trinajstić information content (AvgIpc) is 2.48. The van der Waals surface area contributed by atoms with Gasteiger partial charge in [0.15, 0.2) is 0 Å². The zero-order chi connectivity index (χ0) is 10.5. The highest BCUT2D eigenvalue weighted by Gasteiger charge is 2.58. The van der Waals surface area contributed by atoms with Crippen molar-refractivity contribution in [2.75, 3.05) is 6.54 Å². The summed E-state index contributed by atoms with van der Waals surface area (Å²) in [6.07, 6.45) is 1.94. The summed E-state index contributed by atoms with van der Waals surface area (Å²) in [5.74, 6) is 1.22. The van der Waals surface area contributed by atoms with Crippen LogP contribution in [0.5, 0.6) is 0 Å². The van der Waals surface area contributed by atoms with Crippen LogP contribution in [0.4, 0.5) is 0 Å². The number of nitrogens with two attached hydrogens (primary N) is 1. The molecule has 0 aliphatic heterocycles. The Hall–Kier alpha value is -0.830. The van der Waals surface area contributed by atoms with E-state index in [2.05, 4.69) is 25.9 Å². The van der Waals surface area contributed by atoms with Crippen LogP contribution in [0.2, 0.25) is 0 Å². The van der Waals surface area contributed by atoms with Crippen molar-refractivity contribution in [2.24, 2.45) is 24.1 Å². The lowest BCUT2D eigenvalue weighted by Gasteiger charge is -2.04. The molecule has 3 heteroatoms. The van der Waals surface area contributed by atoms with Crippen molar-refractivity contribution in [1.82, 2.24) is 9.78 Å². The molecule has 1 aromatic heterocycles. The van der Waals surface area contributed by atoms with Gasteiger partial charge in [0.25, 0.3) is 0 Å². The fourth-order valence-electron chi connectivity index (χ4n) is 2.73. The summed E-state index contributed by atoms with van der Waals surface area (Å²) < 4.78 is 2.00. The molecule has 0 aromatic carbocycles. The van der Waals surface area contributed by atoms with Crippen LogP contribution in [0.25, 0.3) is 0 Å². The predicted octanol–water partition coefficient (Wildman–Crippen LogP) is 1.43. The highest BCUT2D eigenvalue weighted by molar-refractivity contribution is 5.31. The maximum absolute atomic E-state index is 5.78. The Morgan fingerprint density at radius 2 is 2.21 bits per heavy atom. The summed E-state index contributed by atoms with van der Waals surface area (Å²) in [5.41, 5.74) is 8.79. The van der Waals surface area contributed by atoms with Crippen LogP contribution < -0.4 is 5.73 Å². The van der Waals surface area contributed by atoms with Crippen molar-refractivity contribution in [1.29, 1.82) is 0 Å². The van der Waals surface area contributed by atoms with Crippen LogP contribution in [0, 0.1) is 18.3 Å². The maximum atomic E-state index is 5.78. The minimum absolute atomic E-state index is 0.354. The van der Waals surface area contributed by atoms with Gasteiger partial charge in [0.1, 0.15) is 0 Å². The SMILES string of the molecule is Cc1cnn(C)c1C1C(CN)C1(C)C. The lowest BCUT2D eigenvalue weighted by Crippen LogP contribution is -2.05. The van der Waals surface area contributed by atoms with Gasteiger partial charge in [-0.25, -0.2) is 0 Å². The van der Waals surface area contributed by atoms with Gasteiger partial charge in [-0.3, -0.25) is 4.68 Å². The van der Waals surface area contributed by atoms with E-state index in [-0.39, 0.29) is 0 Å². The van der Waals surface area contributed by atoms with E-state index in [1.807, 2.05) is 17.9 Å². The molecule has 0 spiro atoms. The average molecular weight is 193 g/mol. The van der Waals surface area contributed by atoms with Crippen LogP contribution in [0.3, 0.4) is 0 Å². The van der Waals surface area contributed by atoms with Gasteiger partial charge in [0.2, 0.25) is 0 Å². The molecule has 0 amide bonds. The van der Waals surface area contributed by atoms with Crippen molar-refractivity contribution in [2.45, 2.75) is 26.7 Å². The fraction of sp³-hybridized carbons (Fsp3) is 0.727. The normalized spacial score (nSPS) is 29.2. The topological polar surface area (TPSA) is 43.8 Å². The van der Waals surface area contributed by atoms with E-state index in [4.69, 9.17) is 5.73 Å².